The van der Waals surface area contributed by atoms with Crippen LogP contribution in [0.15, 0.2) is 15.9 Å². The maximum Gasteiger partial charge on any atom is 0.294 e. The summed E-state index contributed by atoms with van der Waals surface area (Å²) >= 11 is 0. The first-order valence-corrected chi connectivity index (χ1v) is 5.96. The van der Waals surface area contributed by atoms with E-state index < -0.39 is 0 Å². The van der Waals surface area contributed by atoms with Crippen LogP contribution in [0.4, 0.5) is 5.82 Å². The van der Waals surface area contributed by atoms with Gasteiger partial charge in [-0.3, -0.25) is 9.69 Å². The molecule has 1 aromatic rings. The van der Waals surface area contributed by atoms with E-state index in [-0.39, 0.29) is 17.6 Å². The van der Waals surface area contributed by atoms with Gasteiger partial charge < -0.3 is 9.26 Å². The van der Waals surface area contributed by atoms with Crippen LogP contribution in [0.2, 0.25) is 0 Å². The molecule has 6 nitrogen and oxygen atoms in total. The van der Waals surface area contributed by atoms with Gasteiger partial charge in [0.15, 0.2) is 17.3 Å². The molecule has 0 saturated carbocycles. The van der Waals surface area contributed by atoms with Crippen molar-refractivity contribution in [3.05, 3.63) is 22.7 Å². The number of amides is 1. The third kappa shape index (κ3) is 1.97. The molecule has 6 heteroatoms. The van der Waals surface area contributed by atoms with Gasteiger partial charge in [-0.25, -0.2) is 0 Å². The van der Waals surface area contributed by atoms with Gasteiger partial charge in [0.2, 0.25) is 0 Å². The fourth-order valence-electron chi connectivity index (χ4n) is 2.10. The Labute approximate surface area is 111 Å². The second-order valence-electron chi connectivity index (χ2n) is 4.72. The van der Waals surface area contributed by atoms with E-state index in [1.165, 1.54) is 12.0 Å². The molecule has 2 rings (SSSR count). The van der Waals surface area contributed by atoms with E-state index in [9.17, 15) is 10.1 Å². The number of hydrogen-bond donors (Lipinski definition) is 0. The Balaban J connectivity index is 2.42. The van der Waals surface area contributed by atoms with Gasteiger partial charge in [-0.2, -0.15) is 5.26 Å². The summed E-state index contributed by atoms with van der Waals surface area (Å²) in [5.41, 5.74) is 1.12. The standard InChI is InChI=1S/C13H15N3O3/c1-7(2)10-9(5-14)12(15-19-10)16-6-8(3)11(18-4)13(16)17/h7H,6H2,1-4H3. The summed E-state index contributed by atoms with van der Waals surface area (Å²) in [4.78, 5) is 13.6. The summed E-state index contributed by atoms with van der Waals surface area (Å²) in [5.74, 6) is 0.805. The van der Waals surface area contributed by atoms with Crippen molar-refractivity contribution in [1.29, 1.82) is 5.26 Å². The van der Waals surface area contributed by atoms with Crippen molar-refractivity contribution in [2.24, 2.45) is 0 Å². The number of nitrogens with zero attached hydrogens (tertiary/aromatic N) is 3. The van der Waals surface area contributed by atoms with Crippen LogP contribution in [0.1, 0.15) is 38.0 Å². The summed E-state index contributed by atoms with van der Waals surface area (Å²) in [5, 5.41) is 13.1. The monoisotopic (exact) mass is 261 g/mol. The zero-order chi connectivity index (χ0) is 14.2. The highest BCUT2D eigenvalue weighted by Crippen LogP contribution is 2.31. The number of hydrogen-bond acceptors (Lipinski definition) is 5. The van der Waals surface area contributed by atoms with Gasteiger partial charge in [0, 0.05) is 5.92 Å². The van der Waals surface area contributed by atoms with Gasteiger partial charge in [-0.15, -0.1) is 0 Å². The van der Waals surface area contributed by atoms with E-state index in [0.29, 0.717) is 23.6 Å². The van der Waals surface area contributed by atoms with E-state index in [0.717, 1.165) is 5.57 Å². The van der Waals surface area contributed by atoms with Crippen LogP contribution in [0.25, 0.3) is 0 Å². The van der Waals surface area contributed by atoms with Crippen LogP contribution >= 0.6 is 0 Å². The summed E-state index contributed by atoms with van der Waals surface area (Å²) in [6, 6.07) is 2.06. The second kappa shape index (κ2) is 4.76. The topological polar surface area (TPSA) is 79.4 Å². The highest BCUT2D eigenvalue weighted by molar-refractivity contribution is 6.07. The predicted octanol–water partition coefficient (Wildman–Crippen LogP) is 1.94. The zero-order valence-corrected chi connectivity index (χ0v) is 11.4. The molecule has 1 aromatic heterocycles. The van der Waals surface area contributed by atoms with E-state index in [2.05, 4.69) is 11.2 Å². The fraction of sp³-hybridized carbons (Fsp3) is 0.462. The first kappa shape index (κ1) is 13.1. The minimum absolute atomic E-state index is 0.0320. The van der Waals surface area contributed by atoms with Gasteiger partial charge in [-0.1, -0.05) is 19.0 Å². The molecule has 0 bridgehead atoms. The molecule has 1 aliphatic rings. The lowest BCUT2D eigenvalue weighted by atomic mass is 10.1. The number of ether oxygens (including phenoxy) is 1. The molecular weight excluding hydrogens is 246 g/mol. The quantitative estimate of drug-likeness (QED) is 0.830. The molecule has 100 valence electrons. The van der Waals surface area contributed by atoms with Crippen LogP contribution in [0.5, 0.6) is 0 Å². The number of anilines is 1. The normalized spacial score (nSPS) is 15.4. The Kier molecular flexibility index (Phi) is 3.30. The fourth-order valence-corrected chi connectivity index (χ4v) is 2.10. The Morgan fingerprint density at radius 3 is 2.68 bits per heavy atom. The summed E-state index contributed by atoms with van der Waals surface area (Å²) in [6.45, 7) is 5.98. The first-order valence-electron chi connectivity index (χ1n) is 5.96. The Morgan fingerprint density at radius 1 is 1.53 bits per heavy atom. The second-order valence-corrected chi connectivity index (χ2v) is 4.72. The van der Waals surface area contributed by atoms with E-state index in [1.807, 2.05) is 20.8 Å². The van der Waals surface area contributed by atoms with Crippen LogP contribution in [0, 0.1) is 11.3 Å². The highest BCUT2D eigenvalue weighted by atomic mass is 16.5. The molecule has 0 radical (unpaired) electrons. The van der Waals surface area contributed by atoms with E-state index in [1.54, 1.807) is 0 Å². The first-order chi connectivity index (χ1) is 9.01. The smallest absolute Gasteiger partial charge is 0.294 e. The van der Waals surface area contributed by atoms with Crippen molar-refractivity contribution < 1.29 is 14.1 Å². The minimum Gasteiger partial charge on any atom is -0.491 e. The average molecular weight is 261 g/mol. The third-order valence-corrected chi connectivity index (χ3v) is 3.02. The third-order valence-electron chi connectivity index (χ3n) is 3.02. The molecular formula is C13H15N3O3. The summed E-state index contributed by atoms with van der Waals surface area (Å²) in [7, 11) is 1.45. The van der Waals surface area contributed by atoms with E-state index >= 15 is 0 Å². The molecule has 2 heterocycles. The van der Waals surface area contributed by atoms with Crippen LogP contribution in [0.3, 0.4) is 0 Å². The largest absolute Gasteiger partial charge is 0.491 e. The van der Waals surface area contributed by atoms with Crippen molar-refractivity contribution in [2.45, 2.75) is 26.7 Å². The predicted molar refractivity (Wildman–Crippen MR) is 67.4 cm³/mol. The van der Waals surface area contributed by atoms with E-state index in [4.69, 9.17) is 9.26 Å². The Bertz CT molecular complexity index is 593. The molecule has 0 unspecified atom stereocenters. The lowest BCUT2D eigenvalue weighted by Crippen LogP contribution is -2.28. The molecule has 1 amide bonds. The highest BCUT2D eigenvalue weighted by Gasteiger charge is 2.35. The molecule has 0 aromatic carbocycles. The molecule has 0 atom stereocenters. The lowest BCUT2D eigenvalue weighted by Gasteiger charge is -2.12. The number of aromatic nitrogens is 1. The molecule has 0 aliphatic carbocycles. The van der Waals surface area contributed by atoms with Crippen molar-refractivity contribution in [3.63, 3.8) is 0 Å². The molecule has 0 saturated heterocycles. The molecule has 0 fully saturated rings. The van der Waals surface area contributed by atoms with Crippen molar-refractivity contribution in [1.82, 2.24) is 5.16 Å². The minimum atomic E-state index is -0.292. The Hall–Kier alpha value is -2.29. The van der Waals surface area contributed by atoms with Crippen LogP contribution < -0.4 is 4.90 Å². The molecule has 0 N–H and O–H groups in total. The number of nitriles is 1. The summed E-state index contributed by atoms with van der Waals surface area (Å²) < 4.78 is 10.2. The molecule has 1 aliphatic heterocycles. The van der Waals surface area contributed by atoms with Gasteiger partial charge in [0.1, 0.15) is 11.6 Å². The van der Waals surface area contributed by atoms with Crippen molar-refractivity contribution in [3.8, 4) is 6.07 Å². The van der Waals surface area contributed by atoms with Crippen LogP contribution in [-0.4, -0.2) is 24.7 Å². The van der Waals surface area contributed by atoms with Gasteiger partial charge in [0.25, 0.3) is 5.91 Å². The molecule has 0 spiro atoms. The number of carbonyl (C=O) groups is 1. The number of rotatable bonds is 3. The van der Waals surface area contributed by atoms with Gasteiger partial charge in [-0.05, 0) is 12.5 Å². The average Bonchev–Trinajstić information content (AvgIpc) is 2.90. The van der Waals surface area contributed by atoms with Crippen molar-refractivity contribution >= 4 is 11.7 Å². The molecule has 19 heavy (non-hydrogen) atoms. The van der Waals surface area contributed by atoms with Gasteiger partial charge in [0.05, 0.1) is 13.7 Å². The number of carbonyl (C=O) groups excluding carboxylic acids is 1. The van der Waals surface area contributed by atoms with Crippen LogP contribution in [-0.2, 0) is 9.53 Å². The SMILES string of the molecule is COC1=C(C)CN(c2noc(C(C)C)c2C#N)C1=O. The maximum atomic E-state index is 12.1. The number of methoxy groups -OCH3 is 1. The Morgan fingerprint density at radius 2 is 2.21 bits per heavy atom. The maximum absolute atomic E-state index is 12.1. The summed E-state index contributed by atoms with van der Waals surface area (Å²) in [6.07, 6.45) is 0. The lowest BCUT2D eigenvalue weighted by molar-refractivity contribution is -0.117. The van der Waals surface area contributed by atoms with Gasteiger partial charge >= 0.3 is 0 Å². The van der Waals surface area contributed by atoms with Crippen molar-refractivity contribution in [2.75, 3.05) is 18.6 Å². The zero-order valence-electron chi connectivity index (χ0n) is 11.4.